The molecule has 128 valence electrons. The Hall–Kier alpha value is -2.90. The minimum Gasteiger partial charge on any atom is -0.443 e. The van der Waals surface area contributed by atoms with Crippen LogP contribution in [0.1, 0.15) is 26.5 Å². The number of nitrogens with zero attached hydrogens (tertiary/aromatic N) is 3. The second-order valence-electron chi connectivity index (χ2n) is 6.35. The molecule has 1 aromatic heterocycles. The van der Waals surface area contributed by atoms with Crippen LogP contribution in [-0.4, -0.2) is 58.0 Å². The van der Waals surface area contributed by atoms with Gasteiger partial charge >= 0.3 is 12.1 Å². The van der Waals surface area contributed by atoms with Gasteiger partial charge in [0.1, 0.15) is 11.2 Å². The molecule has 0 radical (unpaired) electrons. The van der Waals surface area contributed by atoms with Crippen molar-refractivity contribution in [1.29, 1.82) is 0 Å². The Balaban J connectivity index is 2.40. The van der Waals surface area contributed by atoms with E-state index in [2.05, 4.69) is 0 Å². The third-order valence-corrected chi connectivity index (χ3v) is 3.31. The first kappa shape index (κ1) is 17.5. The summed E-state index contributed by atoms with van der Waals surface area (Å²) in [5, 5.41) is 0. The molecule has 2 heterocycles. The standard InChI is InChI=1S/C16H19N3O5/c1-16(2,3)24-15(23)19-8-6-7-10(19)9-11-12(20)17(4)14(22)18(5)13(11)21/h6-9H,1-5H3. The molecule has 1 saturated heterocycles. The molecule has 1 aromatic rings. The van der Waals surface area contributed by atoms with Gasteiger partial charge in [0.25, 0.3) is 11.8 Å². The van der Waals surface area contributed by atoms with Crippen molar-refractivity contribution in [2.75, 3.05) is 14.1 Å². The number of barbiturate groups is 1. The highest BCUT2D eigenvalue weighted by atomic mass is 16.6. The summed E-state index contributed by atoms with van der Waals surface area (Å²) in [7, 11) is 2.57. The van der Waals surface area contributed by atoms with E-state index in [1.165, 1.54) is 30.9 Å². The molecule has 24 heavy (non-hydrogen) atoms. The van der Waals surface area contributed by atoms with Crippen molar-refractivity contribution >= 4 is 30.0 Å². The van der Waals surface area contributed by atoms with E-state index in [0.717, 1.165) is 9.80 Å². The van der Waals surface area contributed by atoms with E-state index < -0.39 is 29.5 Å². The number of hydrogen-bond donors (Lipinski definition) is 0. The van der Waals surface area contributed by atoms with Crippen LogP contribution in [0.15, 0.2) is 23.9 Å². The molecule has 0 spiro atoms. The molecule has 8 nitrogen and oxygen atoms in total. The monoisotopic (exact) mass is 333 g/mol. The van der Waals surface area contributed by atoms with Crippen LogP contribution >= 0.6 is 0 Å². The van der Waals surface area contributed by atoms with E-state index in [4.69, 9.17) is 4.74 Å². The van der Waals surface area contributed by atoms with Crippen molar-refractivity contribution in [1.82, 2.24) is 14.4 Å². The van der Waals surface area contributed by atoms with Crippen LogP contribution in [0.25, 0.3) is 6.08 Å². The Bertz CT molecular complexity index is 728. The summed E-state index contributed by atoms with van der Waals surface area (Å²) >= 11 is 0. The molecule has 0 aromatic carbocycles. The lowest BCUT2D eigenvalue weighted by Crippen LogP contribution is -2.53. The van der Waals surface area contributed by atoms with Gasteiger partial charge in [-0.05, 0) is 39.0 Å². The number of ether oxygens (including phenoxy) is 1. The third kappa shape index (κ3) is 3.22. The Morgan fingerprint density at radius 3 is 2.12 bits per heavy atom. The van der Waals surface area contributed by atoms with Crippen LogP contribution < -0.4 is 0 Å². The number of amides is 4. The number of urea groups is 1. The topological polar surface area (TPSA) is 88.9 Å². The van der Waals surface area contributed by atoms with Crippen LogP contribution in [0.3, 0.4) is 0 Å². The van der Waals surface area contributed by atoms with Gasteiger partial charge in [0.2, 0.25) is 0 Å². The van der Waals surface area contributed by atoms with Gasteiger partial charge in [-0.25, -0.2) is 9.59 Å². The van der Waals surface area contributed by atoms with Gasteiger partial charge < -0.3 is 4.74 Å². The number of carbonyl (C=O) groups excluding carboxylic acids is 4. The fraction of sp³-hybridized carbons (Fsp3) is 0.375. The van der Waals surface area contributed by atoms with E-state index in [1.807, 2.05) is 0 Å². The molecule has 8 heteroatoms. The number of rotatable bonds is 1. The minimum atomic E-state index is -0.722. The van der Waals surface area contributed by atoms with Gasteiger partial charge in [-0.3, -0.25) is 24.0 Å². The fourth-order valence-electron chi connectivity index (χ4n) is 2.11. The van der Waals surface area contributed by atoms with Crippen molar-refractivity contribution in [3.8, 4) is 0 Å². The summed E-state index contributed by atoms with van der Waals surface area (Å²) in [6.45, 7) is 5.20. The normalized spacial score (nSPS) is 15.9. The Morgan fingerprint density at radius 1 is 1.08 bits per heavy atom. The van der Waals surface area contributed by atoms with Crippen molar-refractivity contribution < 1.29 is 23.9 Å². The predicted octanol–water partition coefficient (Wildman–Crippen LogP) is 1.71. The summed E-state index contributed by atoms with van der Waals surface area (Å²) in [6, 6.07) is 2.45. The van der Waals surface area contributed by atoms with Crippen LogP contribution in [0, 0.1) is 0 Å². The maximum Gasteiger partial charge on any atom is 0.418 e. The lowest BCUT2D eigenvalue weighted by Gasteiger charge is -2.28. The summed E-state index contributed by atoms with van der Waals surface area (Å²) in [6.07, 6.45) is 2.11. The highest BCUT2D eigenvalue weighted by Crippen LogP contribution is 2.19. The van der Waals surface area contributed by atoms with Gasteiger partial charge in [0.05, 0.1) is 5.69 Å². The summed E-state index contributed by atoms with van der Waals surface area (Å²) in [5.41, 5.74) is -0.588. The van der Waals surface area contributed by atoms with E-state index in [-0.39, 0.29) is 5.57 Å². The van der Waals surface area contributed by atoms with Crippen LogP contribution in [0.5, 0.6) is 0 Å². The first-order chi connectivity index (χ1) is 11.0. The molecule has 1 aliphatic rings. The molecule has 0 N–H and O–H groups in total. The van der Waals surface area contributed by atoms with E-state index in [0.29, 0.717) is 5.69 Å². The van der Waals surface area contributed by atoms with Crippen LogP contribution in [0.4, 0.5) is 9.59 Å². The summed E-state index contributed by atoms with van der Waals surface area (Å²) in [4.78, 5) is 50.0. The smallest absolute Gasteiger partial charge is 0.418 e. The van der Waals surface area contributed by atoms with Gasteiger partial charge in [-0.1, -0.05) is 0 Å². The Labute approximate surface area is 139 Å². The molecule has 0 aliphatic carbocycles. The molecule has 0 saturated carbocycles. The number of hydrogen-bond acceptors (Lipinski definition) is 5. The zero-order valence-electron chi connectivity index (χ0n) is 14.2. The lowest BCUT2D eigenvalue weighted by atomic mass is 10.1. The molecule has 4 amide bonds. The second kappa shape index (κ2) is 5.95. The molecule has 1 fully saturated rings. The zero-order valence-corrected chi connectivity index (χ0v) is 14.2. The van der Waals surface area contributed by atoms with Gasteiger partial charge in [0, 0.05) is 20.3 Å². The van der Waals surface area contributed by atoms with Crippen LogP contribution in [-0.2, 0) is 14.3 Å². The van der Waals surface area contributed by atoms with Gasteiger partial charge in [-0.2, -0.15) is 0 Å². The molecule has 0 atom stereocenters. The van der Waals surface area contributed by atoms with Crippen molar-refractivity contribution in [3.63, 3.8) is 0 Å². The number of imide groups is 2. The molecule has 0 bridgehead atoms. The number of aromatic nitrogens is 1. The highest BCUT2D eigenvalue weighted by Gasteiger charge is 2.38. The quantitative estimate of drug-likeness (QED) is 0.576. The van der Waals surface area contributed by atoms with Crippen LogP contribution in [0.2, 0.25) is 0 Å². The molecule has 0 unspecified atom stereocenters. The third-order valence-electron chi connectivity index (χ3n) is 3.31. The second-order valence-corrected chi connectivity index (χ2v) is 6.35. The lowest BCUT2D eigenvalue weighted by molar-refractivity contribution is -0.134. The van der Waals surface area contributed by atoms with Gasteiger partial charge in [0.15, 0.2) is 0 Å². The Kier molecular flexibility index (Phi) is 4.33. The summed E-state index contributed by atoms with van der Waals surface area (Å²) in [5.74, 6) is -1.44. The van der Waals surface area contributed by atoms with E-state index >= 15 is 0 Å². The minimum absolute atomic E-state index is 0.205. The molecule has 2 rings (SSSR count). The van der Waals surface area contributed by atoms with Gasteiger partial charge in [-0.15, -0.1) is 0 Å². The first-order valence-corrected chi connectivity index (χ1v) is 7.25. The maximum absolute atomic E-state index is 12.2. The molecular weight excluding hydrogens is 314 g/mol. The average Bonchev–Trinajstić information content (AvgIpc) is 2.94. The Morgan fingerprint density at radius 2 is 1.62 bits per heavy atom. The zero-order chi connectivity index (χ0) is 18.2. The average molecular weight is 333 g/mol. The van der Waals surface area contributed by atoms with Crippen molar-refractivity contribution in [2.24, 2.45) is 0 Å². The molecule has 1 aliphatic heterocycles. The van der Waals surface area contributed by atoms with Crippen molar-refractivity contribution in [3.05, 3.63) is 29.6 Å². The summed E-state index contributed by atoms with van der Waals surface area (Å²) < 4.78 is 6.46. The number of carbonyl (C=O) groups is 4. The van der Waals surface area contributed by atoms with E-state index in [1.54, 1.807) is 32.9 Å². The largest absolute Gasteiger partial charge is 0.443 e. The predicted molar refractivity (Wildman–Crippen MR) is 85.0 cm³/mol. The maximum atomic E-state index is 12.2. The SMILES string of the molecule is CN1C(=O)C(=Cc2cccn2C(=O)OC(C)(C)C)C(=O)N(C)C1=O. The fourth-order valence-corrected chi connectivity index (χ4v) is 2.11. The highest BCUT2D eigenvalue weighted by molar-refractivity contribution is 6.30. The number of likely N-dealkylation sites (N-methyl/N-ethyl adjacent to an activating group) is 2. The molecular formula is C16H19N3O5. The van der Waals surface area contributed by atoms with E-state index in [9.17, 15) is 19.2 Å². The van der Waals surface area contributed by atoms with Crippen molar-refractivity contribution in [2.45, 2.75) is 26.4 Å². The first-order valence-electron chi connectivity index (χ1n) is 7.25.